The number of rotatable bonds is 3. The molecule has 16 heavy (non-hydrogen) atoms. The highest BCUT2D eigenvalue weighted by Crippen LogP contribution is 2.13. The number of aryl methyl sites for hydroxylation is 1. The van der Waals surface area contributed by atoms with Gasteiger partial charge in [-0.25, -0.2) is 0 Å². The third kappa shape index (κ3) is 2.97. The normalized spacial score (nSPS) is 25.4. The van der Waals surface area contributed by atoms with Gasteiger partial charge in [0.05, 0.1) is 12.2 Å². The third-order valence-corrected chi connectivity index (χ3v) is 2.89. The number of hydrogen-bond donors (Lipinski definition) is 2. The van der Waals surface area contributed by atoms with Crippen molar-refractivity contribution >= 4 is 5.69 Å². The zero-order valence-corrected chi connectivity index (χ0v) is 9.99. The van der Waals surface area contributed by atoms with Crippen LogP contribution in [-0.4, -0.2) is 31.8 Å². The molecule has 0 aromatic heterocycles. The van der Waals surface area contributed by atoms with Gasteiger partial charge in [0.25, 0.3) is 0 Å². The molecule has 3 nitrogen and oxygen atoms in total. The lowest BCUT2D eigenvalue weighted by Crippen LogP contribution is -2.46. The molecule has 2 atom stereocenters. The molecule has 0 spiro atoms. The molecule has 1 aliphatic heterocycles. The minimum Gasteiger partial charge on any atom is -0.382 e. The highest BCUT2D eigenvalue weighted by molar-refractivity contribution is 5.50. The number of ether oxygens (including phenoxy) is 1. The van der Waals surface area contributed by atoms with Crippen LogP contribution in [0.15, 0.2) is 24.3 Å². The van der Waals surface area contributed by atoms with Crippen LogP contribution >= 0.6 is 0 Å². The van der Waals surface area contributed by atoms with Gasteiger partial charge in [0.2, 0.25) is 0 Å². The summed E-state index contributed by atoms with van der Waals surface area (Å²) in [7, 11) is 0. The molecule has 1 aromatic carbocycles. The summed E-state index contributed by atoms with van der Waals surface area (Å²) in [6.45, 7) is 6.98. The zero-order chi connectivity index (χ0) is 11.4. The van der Waals surface area contributed by atoms with Crippen LogP contribution in [0.3, 0.4) is 0 Å². The highest BCUT2D eigenvalue weighted by Gasteiger charge is 2.18. The Morgan fingerprint density at radius 2 is 2.19 bits per heavy atom. The second kappa shape index (κ2) is 5.32. The van der Waals surface area contributed by atoms with Crippen LogP contribution in [0, 0.1) is 6.92 Å². The van der Waals surface area contributed by atoms with Gasteiger partial charge >= 0.3 is 0 Å². The van der Waals surface area contributed by atoms with Crippen LogP contribution in [0.1, 0.15) is 12.5 Å². The van der Waals surface area contributed by atoms with Crippen LogP contribution in [0.2, 0.25) is 0 Å². The largest absolute Gasteiger partial charge is 0.382 e. The summed E-state index contributed by atoms with van der Waals surface area (Å²) in [4.78, 5) is 0. The van der Waals surface area contributed by atoms with E-state index in [2.05, 4.69) is 48.7 Å². The lowest BCUT2D eigenvalue weighted by atomic mass is 10.2. The number of nitrogens with one attached hydrogen (secondary N) is 2. The summed E-state index contributed by atoms with van der Waals surface area (Å²) in [5.74, 6) is 0. The molecule has 0 unspecified atom stereocenters. The van der Waals surface area contributed by atoms with E-state index in [1.807, 2.05) is 0 Å². The number of para-hydroxylation sites is 1. The molecule has 1 saturated heterocycles. The van der Waals surface area contributed by atoms with Gasteiger partial charge in [0.1, 0.15) is 0 Å². The standard InChI is InChI=1S/C13H20N2O/c1-10-5-3-4-6-13(10)15-9-12-8-14-7-11(2)16-12/h3-6,11-12,14-15H,7-9H2,1-2H3/t11-,12+/m1/s1. The van der Waals surface area contributed by atoms with Crippen molar-refractivity contribution in [3.05, 3.63) is 29.8 Å². The minimum absolute atomic E-state index is 0.267. The minimum atomic E-state index is 0.267. The Bertz CT molecular complexity index is 340. The summed E-state index contributed by atoms with van der Waals surface area (Å²) in [5, 5.41) is 6.81. The molecule has 1 heterocycles. The number of hydrogen-bond acceptors (Lipinski definition) is 3. The van der Waals surface area contributed by atoms with Gasteiger partial charge in [-0.05, 0) is 25.5 Å². The number of benzene rings is 1. The fourth-order valence-corrected chi connectivity index (χ4v) is 1.99. The first-order valence-electron chi connectivity index (χ1n) is 5.91. The maximum absolute atomic E-state index is 5.82. The topological polar surface area (TPSA) is 33.3 Å². The molecular weight excluding hydrogens is 200 g/mol. The SMILES string of the molecule is Cc1ccccc1NC[C@@H]1CNC[C@@H](C)O1. The van der Waals surface area contributed by atoms with Crippen LogP contribution in [-0.2, 0) is 4.74 Å². The molecule has 88 valence electrons. The molecule has 0 radical (unpaired) electrons. The fourth-order valence-electron chi connectivity index (χ4n) is 1.99. The van der Waals surface area contributed by atoms with E-state index in [4.69, 9.17) is 4.74 Å². The molecule has 3 heteroatoms. The van der Waals surface area contributed by atoms with E-state index < -0.39 is 0 Å². The van der Waals surface area contributed by atoms with E-state index in [0.717, 1.165) is 19.6 Å². The van der Waals surface area contributed by atoms with Crippen molar-refractivity contribution < 1.29 is 4.74 Å². The van der Waals surface area contributed by atoms with Crippen LogP contribution in [0.25, 0.3) is 0 Å². The highest BCUT2D eigenvalue weighted by atomic mass is 16.5. The van der Waals surface area contributed by atoms with Crippen LogP contribution in [0.5, 0.6) is 0 Å². The van der Waals surface area contributed by atoms with Crippen LogP contribution < -0.4 is 10.6 Å². The van der Waals surface area contributed by atoms with Crippen molar-refractivity contribution in [2.45, 2.75) is 26.1 Å². The Labute approximate surface area is 97.2 Å². The molecule has 1 aliphatic rings. The van der Waals surface area contributed by atoms with Crippen LogP contribution in [0.4, 0.5) is 5.69 Å². The average molecular weight is 220 g/mol. The van der Waals surface area contributed by atoms with E-state index in [9.17, 15) is 0 Å². The number of anilines is 1. The van der Waals surface area contributed by atoms with Crippen molar-refractivity contribution in [3.8, 4) is 0 Å². The van der Waals surface area contributed by atoms with Gasteiger partial charge in [0.15, 0.2) is 0 Å². The van der Waals surface area contributed by atoms with Crippen molar-refractivity contribution in [1.82, 2.24) is 5.32 Å². The van der Waals surface area contributed by atoms with E-state index in [0.29, 0.717) is 6.10 Å². The molecule has 2 N–H and O–H groups in total. The summed E-state index contributed by atoms with van der Waals surface area (Å²) >= 11 is 0. The predicted molar refractivity (Wildman–Crippen MR) is 66.9 cm³/mol. The first kappa shape index (κ1) is 11.4. The van der Waals surface area contributed by atoms with Gasteiger partial charge in [-0.3, -0.25) is 0 Å². The number of morpholine rings is 1. The molecule has 2 rings (SSSR count). The van der Waals surface area contributed by atoms with E-state index in [-0.39, 0.29) is 6.10 Å². The lowest BCUT2D eigenvalue weighted by Gasteiger charge is -2.29. The Balaban J connectivity index is 1.85. The van der Waals surface area contributed by atoms with Crippen molar-refractivity contribution in [2.75, 3.05) is 25.0 Å². The summed E-state index contributed by atoms with van der Waals surface area (Å²) in [5.41, 5.74) is 2.48. The Morgan fingerprint density at radius 3 is 2.94 bits per heavy atom. The molecule has 0 aliphatic carbocycles. The molecular formula is C13H20N2O. The second-order valence-electron chi connectivity index (χ2n) is 4.42. The van der Waals surface area contributed by atoms with Crippen molar-refractivity contribution in [1.29, 1.82) is 0 Å². The molecule has 0 bridgehead atoms. The maximum Gasteiger partial charge on any atom is 0.0875 e. The summed E-state index contributed by atoms with van der Waals surface area (Å²) < 4.78 is 5.82. The first-order chi connectivity index (χ1) is 7.75. The second-order valence-corrected chi connectivity index (χ2v) is 4.42. The zero-order valence-electron chi connectivity index (χ0n) is 9.99. The Hall–Kier alpha value is -1.06. The maximum atomic E-state index is 5.82. The quantitative estimate of drug-likeness (QED) is 0.814. The molecule has 0 saturated carbocycles. The van der Waals surface area contributed by atoms with Gasteiger partial charge < -0.3 is 15.4 Å². The molecule has 1 aromatic rings. The monoisotopic (exact) mass is 220 g/mol. The first-order valence-corrected chi connectivity index (χ1v) is 5.91. The summed E-state index contributed by atoms with van der Waals surface area (Å²) in [6.07, 6.45) is 0.584. The summed E-state index contributed by atoms with van der Waals surface area (Å²) in [6, 6.07) is 8.33. The predicted octanol–water partition coefficient (Wildman–Crippen LogP) is 1.78. The molecule has 0 amide bonds. The van der Waals surface area contributed by atoms with Gasteiger partial charge in [-0.2, -0.15) is 0 Å². The fraction of sp³-hybridized carbons (Fsp3) is 0.538. The van der Waals surface area contributed by atoms with E-state index in [1.54, 1.807) is 0 Å². The lowest BCUT2D eigenvalue weighted by molar-refractivity contribution is -0.0196. The smallest absolute Gasteiger partial charge is 0.0875 e. The van der Waals surface area contributed by atoms with Gasteiger partial charge in [-0.15, -0.1) is 0 Å². The average Bonchev–Trinajstić information content (AvgIpc) is 2.28. The van der Waals surface area contributed by atoms with Crippen molar-refractivity contribution in [2.24, 2.45) is 0 Å². The van der Waals surface area contributed by atoms with E-state index >= 15 is 0 Å². The van der Waals surface area contributed by atoms with E-state index in [1.165, 1.54) is 11.3 Å². The van der Waals surface area contributed by atoms with Gasteiger partial charge in [-0.1, -0.05) is 18.2 Å². The van der Waals surface area contributed by atoms with Crippen molar-refractivity contribution in [3.63, 3.8) is 0 Å². The Kier molecular flexibility index (Phi) is 3.80. The Morgan fingerprint density at radius 1 is 1.38 bits per heavy atom. The third-order valence-electron chi connectivity index (χ3n) is 2.89. The molecule has 1 fully saturated rings. The van der Waals surface area contributed by atoms with Gasteiger partial charge in [0, 0.05) is 25.3 Å².